The molecule has 8 aliphatic carbocycles. The first-order chi connectivity index (χ1) is 33.6. The molecule has 0 unspecified atom stereocenters. The average molecular weight is 1020 g/mol. The second-order valence-electron chi connectivity index (χ2n) is 25.4. The highest BCUT2D eigenvalue weighted by Crippen LogP contribution is 2.78. The van der Waals surface area contributed by atoms with E-state index in [1.165, 1.54) is 10.8 Å². The third-order valence-electron chi connectivity index (χ3n) is 23.0. The Morgan fingerprint density at radius 2 is 1.69 bits per heavy atom. The Hall–Kier alpha value is -2.28. The number of phenols is 1. The molecular formula is C56H75NO12S2. The van der Waals surface area contributed by atoms with Gasteiger partial charge in [0.05, 0.1) is 48.0 Å². The number of carbonyl (C=O) groups is 2. The summed E-state index contributed by atoms with van der Waals surface area (Å²) in [5, 5.41) is 112. The molecule has 13 aliphatic rings. The number of aliphatic hydroxyl groups excluding tert-OH is 5. The number of rotatable bonds is 5. The van der Waals surface area contributed by atoms with Crippen LogP contribution in [0.5, 0.6) is 5.75 Å². The van der Waals surface area contributed by atoms with Crippen molar-refractivity contribution in [2.75, 3.05) is 30.4 Å². The van der Waals surface area contributed by atoms with Crippen molar-refractivity contribution in [2.45, 2.75) is 158 Å². The van der Waals surface area contributed by atoms with Gasteiger partial charge in [0.1, 0.15) is 28.5 Å². The fourth-order valence-corrected chi connectivity index (χ4v) is 22.4. The van der Waals surface area contributed by atoms with Gasteiger partial charge in [-0.15, -0.1) is 0 Å². The van der Waals surface area contributed by atoms with E-state index in [4.69, 9.17) is 4.74 Å². The quantitative estimate of drug-likeness (QED) is 0.103. The molecule has 14 rings (SSSR count). The predicted molar refractivity (Wildman–Crippen MR) is 268 cm³/mol. The first-order valence-electron chi connectivity index (χ1n) is 26.8. The van der Waals surface area contributed by atoms with Crippen LogP contribution in [-0.4, -0.2) is 130 Å². The van der Waals surface area contributed by atoms with Gasteiger partial charge in [-0.25, -0.2) is 0 Å². The van der Waals surface area contributed by atoms with Crippen molar-refractivity contribution in [3.05, 3.63) is 59.7 Å². The molecule has 5 aliphatic heterocycles. The standard InChI is InChI=1S/C56H75NO12S2/c1-30(2)31(3)44-45(69-44)54(67)15-6-7-34-21-38-39-23-42(62)52(24-43(63)50(66,29-59)26-48(38,52)4)47(65)71-70-25-35-8-5-14-49(28-58)16-12-33-9-10-41(61)53(33)27-57(46(64)56(35,49)53)36-19-32(20-37(60)22-36)11-17-51(34)40(54)13-18-55(39,51)68/h6-7,12,16,19-20,22-23,30-31,33-35,38,40-41,43-45,47,58-61,63,65-68H,5,8-11,13-15,17-18,21,24-29H2,1-4H3/t31-,33+,34-,35+,38+,40+,41-,43-,44+,45-,47-,48-,49-,50-,51-,52+,53+,54-,55-,56-/m1/s1. The number of benzene rings is 1. The smallest absolute Gasteiger partial charge is 0.235 e. The zero-order valence-corrected chi connectivity index (χ0v) is 43.2. The minimum Gasteiger partial charge on any atom is -0.508 e. The molecule has 1 aromatic rings. The summed E-state index contributed by atoms with van der Waals surface area (Å²) in [6.07, 6.45) is 11.2. The molecule has 1 amide bonds. The zero-order chi connectivity index (χ0) is 50.3. The third-order valence-corrected chi connectivity index (χ3v) is 25.6. The van der Waals surface area contributed by atoms with Gasteiger partial charge in [-0.2, -0.15) is 0 Å². The van der Waals surface area contributed by atoms with E-state index < -0.39 is 103 Å². The van der Waals surface area contributed by atoms with Crippen LogP contribution in [0.2, 0.25) is 0 Å². The Kier molecular flexibility index (Phi) is 11.3. The number of nitrogens with zero attached hydrogens (tertiary/aromatic N) is 1. The number of hydrogen-bond acceptors (Lipinski definition) is 14. The summed E-state index contributed by atoms with van der Waals surface area (Å²) in [6.45, 7) is 7.43. The van der Waals surface area contributed by atoms with E-state index in [9.17, 15) is 46.0 Å². The molecule has 20 atom stereocenters. The Labute approximate surface area is 425 Å². The molecule has 15 heteroatoms. The number of aromatic hydroxyl groups is 1. The van der Waals surface area contributed by atoms with Crippen molar-refractivity contribution in [2.24, 2.45) is 73.9 Å². The number of allylic oxidation sites excluding steroid dienone is 3. The molecule has 5 saturated carbocycles. The van der Waals surface area contributed by atoms with Crippen LogP contribution in [0, 0.1) is 73.9 Å². The predicted octanol–water partition coefficient (Wildman–Crippen LogP) is 5.37. The fourth-order valence-electron chi connectivity index (χ4n) is 19.4. The lowest BCUT2D eigenvalue weighted by molar-refractivity contribution is -0.235. The van der Waals surface area contributed by atoms with Crippen LogP contribution < -0.4 is 4.90 Å². The van der Waals surface area contributed by atoms with E-state index in [-0.39, 0.29) is 67.9 Å². The lowest BCUT2D eigenvalue weighted by atomic mass is 9.38. The van der Waals surface area contributed by atoms with Crippen LogP contribution in [0.4, 0.5) is 5.69 Å². The normalized spacial score (nSPS) is 52.0. The lowest BCUT2D eigenvalue weighted by Gasteiger charge is -2.68. The van der Waals surface area contributed by atoms with Crippen molar-refractivity contribution in [1.29, 1.82) is 0 Å². The van der Waals surface area contributed by atoms with Gasteiger partial charge in [-0.3, -0.25) is 9.59 Å². The summed E-state index contributed by atoms with van der Waals surface area (Å²) in [4.78, 5) is 33.7. The van der Waals surface area contributed by atoms with E-state index in [1.807, 2.05) is 19.1 Å². The Balaban J connectivity index is 1.07. The molecule has 5 heterocycles. The van der Waals surface area contributed by atoms with Crippen LogP contribution in [0.3, 0.4) is 0 Å². The van der Waals surface area contributed by atoms with Crippen molar-refractivity contribution < 1.29 is 60.3 Å². The maximum atomic E-state index is 16.2. The van der Waals surface area contributed by atoms with E-state index in [2.05, 4.69) is 39.0 Å². The highest BCUT2D eigenvalue weighted by atomic mass is 33.1. The number of hydrogen-bond donors (Lipinski definition) is 9. The molecule has 71 heavy (non-hydrogen) atoms. The second-order valence-corrected chi connectivity index (χ2v) is 27.9. The second kappa shape index (κ2) is 16.1. The molecule has 13 nitrogen and oxygen atoms in total. The van der Waals surface area contributed by atoms with E-state index >= 15 is 9.59 Å². The van der Waals surface area contributed by atoms with Crippen molar-refractivity contribution in [3.8, 4) is 5.75 Å². The minimum absolute atomic E-state index is 0.0356. The summed E-state index contributed by atoms with van der Waals surface area (Å²) in [5.41, 5.74) is -12.2. The van der Waals surface area contributed by atoms with Crippen molar-refractivity contribution in [1.82, 2.24) is 0 Å². The number of ether oxygens (including phenoxy) is 1. The molecule has 388 valence electrons. The van der Waals surface area contributed by atoms with Gasteiger partial charge in [0.25, 0.3) is 0 Å². The van der Waals surface area contributed by atoms with Gasteiger partial charge in [-0.05, 0) is 147 Å². The molecule has 4 spiro atoms. The number of amides is 1. The van der Waals surface area contributed by atoms with Crippen molar-refractivity contribution in [3.63, 3.8) is 0 Å². The highest BCUT2D eigenvalue weighted by Gasteiger charge is 2.82. The minimum atomic E-state index is -2.02. The topological polar surface area (TPSA) is 232 Å². The molecule has 0 radical (unpaired) electrons. The number of epoxide rings is 1. The average Bonchev–Trinajstić information content (AvgIpc) is 3.93. The summed E-state index contributed by atoms with van der Waals surface area (Å²) in [5.74, 6) is -1.98. The van der Waals surface area contributed by atoms with Crippen LogP contribution in [0.25, 0.3) is 0 Å². The first kappa shape index (κ1) is 49.6. The maximum absolute atomic E-state index is 16.2. The highest BCUT2D eigenvalue weighted by molar-refractivity contribution is 8.76. The third kappa shape index (κ3) is 5.90. The number of ketones is 1. The van der Waals surface area contributed by atoms with Gasteiger partial charge in [-0.1, -0.05) is 80.0 Å². The van der Waals surface area contributed by atoms with Gasteiger partial charge in [0.15, 0.2) is 5.78 Å². The van der Waals surface area contributed by atoms with Gasteiger partial charge in [0, 0.05) is 46.2 Å². The number of aryl methyl sites for hydroxylation is 1. The largest absolute Gasteiger partial charge is 0.508 e. The van der Waals surface area contributed by atoms with Crippen molar-refractivity contribution >= 4 is 39.0 Å². The number of anilines is 1. The summed E-state index contributed by atoms with van der Waals surface area (Å²) >= 11 is 0. The molecule has 9 N–H and O–H groups in total. The summed E-state index contributed by atoms with van der Waals surface area (Å²) < 4.78 is 6.51. The van der Waals surface area contributed by atoms with Crippen LogP contribution >= 0.6 is 21.6 Å². The van der Waals surface area contributed by atoms with Crippen LogP contribution in [0.15, 0.2) is 54.2 Å². The number of fused-ring (bicyclic) bond motifs is 1. The maximum Gasteiger partial charge on any atom is 0.235 e. The Morgan fingerprint density at radius 1 is 0.901 bits per heavy atom. The Bertz CT molecular complexity index is 2500. The fraction of sp³-hybridized carbons (Fsp3) is 0.750. The molecule has 1 aromatic carbocycles. The summed E-state index contributed by atoms with van der Waals surface area (Å²) in [7, 11) is 2.46. The molecule has 2 saturated heterocycles. The molecular weight excluding hydrogens is 943 g/mol. The number of phenolic OH excluding ortho intramolecular Hbond substituents is 1. The Morgan fingerprint density at radius 3 is 2.44 bits per heavy atom. The van der Waals surface area contributed by atoms with Crippen LogP contribution in [-0.2, 0) is 20.7 Å². The monoisotopic (exact) mass is 1020 g/mol. The lowest BCUT2D eigenvalue weighted by Crippen LogP contribution is -2.72. The number of aliphatic hydroxyl groups is 8. The van der Waals surface area contributed by atoms with Gasteiger partial charge < -0.3 is 55.6 Å². The molecule has 8 bridgehead atoms. The van der Waals surface area contributed by atoms with Crippen LogP contribution in [0.1, 0.15) is 110 Å². The molecule has 0 aromatic heterocycles. The van der Waals surface area contributed by atoms with Gasteiger partial charge in [0.2, 0.25) is 5.91 Å². The zero-order valence-electron chi connectivity index (χ0n) is 41.6. The van der Waals surface area contributed by atoms with E-state index in [0.29, 0.717) is 87.1 Å². The van der Waals surface area contributed by atoms with E-state index in [1.54, 1.807) is 23.1 Å². The first-order valence-corrected chi connectivity index (χ1v) is 29.2. The summed E-state index contributed by atoms with van der Waals surface area (Å²) in [6, 6.07) is 5.27. The SMILES string of the molecule is CC(C)[C@@H](C)[C@@H]1O[C@H]1[C@@]1(O)CC=C[C@@H]2C[C@H]3C4=CC(=O)[C@@]5(C[C@@H](O)[C@](O)(CO)C[C@]35C)[C@H](O)SSC[C@@H]3CCC[C@]5(CO)C=C[C@@H]6CC[C@@H](O)[C@]67CN(C(=O)[C@]357)c3cc(O)cc(c3)CC[C@]23[C@@H]1CC[C@@]43O. The van der Waals surface area contributed by atoms with E-state index in [0.717, 1.165) is 16.4 Å². The number of carbonyl (C=O) groups excluding carboxylic acids is 2. The molecule has 7 fully saturated rings. The van der Waals surface area contributed by atoms with Gasteiger partial charge >= 0.3 is 0 Å².